The van der Waals surface area contributed by atoms with Crippen LogP contribution in [0.1, 0.15) is 31.2 Å². The lowest BCUT2D eigenvalue weighted by Crippen LogP contribution is -2.15. The van der Waals surface area contributed by atoms with E-state index in [1.165, 1.54) is 25.7 Å². The molecule has 1 aromatic rings. The molecule has 2 rings (SSSR count). The van der Waals surface area contributed by atoms with Crippen LogP contribution in [0.25, 0.3) is 0 Å². The molecule has 3 nitrogen and oxygen atoms in total. The van der Waals surface area contributed by atoms with E-state index in [1.54, 1.807) is 36.0 Å². The van der Waals surface area contributed by atoms with Crippen molar-refractivity contribution in [1.82, 2.24) is 0 Å². The number of carbonyl (C=O) groups is 1. The maximum atomic E-state index is 11.8. The molecule has 0 spiro atoms. The summed E-state index contributed by atoms with van der Waals surface area (Å²) in [5.41, 5.74) is 1.27. The molecule has 0 unspecified atom stereocenters. The average Bonchev–Trinajstić information content (AvgIpc) is 2.90. The van der Waals surface area contributed by atoms with E-state index in [2.05, 4.69) is 11.4 Å². The summed E-state index contributed by atoms with van der Waals surface area (Å²) in [6.07, 6.45) is 5.07. The first-order valence-electron chi connectivity index (χ1n) is 6.19. The molecule has 1 aliphatic rings. The number of benzene rings is 1. The van der Waals surface area contributed by atoms with Gasteiger partial charge in [0, 0.05) is 10.9 Å². The molecular formula is C14H16N2OS. The summed E-state index contributed by atoms with van der Waals surface area (Å²) in [6, 6.07) is 9.06. The van der Waals surface area contributed by atoms with Gasteiger partial charge < -0.3 is 5.32 Å². The number of hydrogen-bond donors (Lipinski definition) is 1. The van der Waals surface area contributed by atoms with Gasteiger partial charge in [0.2, 0.25) is 5.91 Å². The number of nitrogens with zero attached hydrogens (tertiary/aromatic N) is 1. The highest BCUT2D eigenvalue weighted by atomic mass is 32.2. The van der Waals surface area contributed by atoms with Crippen LogP contribution in [-0.2, 0) is 4.79 Å². The van der Waals surface area contributed by atoms with Crippen LogP contribution in [0.3, 0.4) is 0 Å². The third-order valence-electron chi connectivity index (χ3n) is 3.03. The summed E-state index contributed by atoms with van der Waals surface area (Å²) in [4.78, 5) is 11.8. The van der Waals surface area contributed by atoms with Crippen molar-refractivity contribution < 1.29 is 4.79 Å². The van der Waals surface area contributed by atoms with Crippen molar-refractivity contribution in [2.45, 2.75) is 30.9 Å². The Kier molecular flexibility index (Phi) is 4.66. The van der Waals surface area contributed by atoms with Crippen LogP contribution in [0.2, 0.25) is 0 Å². The van der Waals surface area contributed by atoms with E-state index in [0.717, 1.165) is 0 Å². The Balaban J connectivity index is 1.81. The van der Waals surface area contributed by atoms with Gasteiger partial charge in [-0.15, -0.1) is 11.8 Å². The molecule has 0 heterocycles. The number of nitriles is 1. The summed E-state index contributed by atoms with van der Waals surface area (Å²) in [5, 5.41) is 12.3. The molecule has 18 heavy (non-hydrogen) atoms. The second kappa shape index (κ2) is 6.46. The van der Waals surface area contributed by atoms with Crippen molar-refractivity contribution in [3.63, 3.8) is 0 Å². The van der Waals surface area contributed by atoms with Crippen LogP contribution in [0, 0.1) is 11.3 Å². The molecule has 0 aromatic heterocycles. The highest BCUT2D eigenvalue weighted by molar-refractivity contribution is 8.00. The molecule has 1 aliphatic carbocycles. The van der Waals surface area contributed by atoms with Gasteiger partial charge in [0.05, 0.1) is 17.4 Å². The van der Waals surface area contributed by atoms with E-state index in [4.69, 9.17) is 5.26 Å². The van der Waals surface area contributed by atoms with Crippen LogP contribution in [-0.4, -0.2) is 16.9 Å². The Labute approximate surface area is 112 Å². The maximum absolute atomic E-state index is 11.8. The van der Waals surface area contributed by atoms with Gasteiger partial charge >= 0.3 is 0 Å². The number of anilines is 1. The van der Waals surface area contributed by atoms with Gasteiger partial charge in [0.25, 0.3) is 0 Å². The summed E-state index contributed by atoms with van der Waals surface area (Å²) in [5.74, 6) is 0.517. The Morgan fingerprint density at radius 2 is 2.22 bits per heavy atom. The zero-order chi connectivity index (χ0) is 12.8. The molecule has 0 bridgehead atoms. The summed E-state index contributed by atoms with van der Waals surface area (Å²) in [6.45, 7) is 0. The molecule has 1 saturated carbocycles. The highest BCUT2D eigenvalue weighted by Crippen LogP contribution is 2.29. The fraction of sp³-hybridized carbons (Fsp3) is 0.429. The smallest absolute Gasteiger partial charge is 0.234 e. The molecule has 0 aliphatic heterocycles. The second-order valence-electron chi connectivity index (χ2n) is 4.46. The van der Waals surface area contributed by atoms with Gasteiger partial charge in [0.1, 0.15) is 0 Å². The van der Waals surface area contributed by atoms with Gasteiger partial charge in [0.15, 0.2) is 0 Å². The Morgan fingerprint density at radius 1 is 1.44 bits per heavy atom. The number of carbonyl (C=O) groups excluding carboxylic acids is 1. The van der Waals surface area contributed by atoms with E-state index in [9.17, 15) is 4.79 Å². The number of nitrogens with one attached hydrogen (secondary N) is 1. The quantitative estimate of drug-likeness (QED) is 0.904. The SMILES string of the molecule is N#Cc1cccc(NC(=O)CSC2CCCC2)c1. The fourth-order valence-corrected chi connectivity index (χ4v) is 3.24. The van der Waals surface area contributed by atoms with E-state index in [0.29, 0.717) is 22.3 Å². The number of amides is 1. The minimum Gasteiger partial charge on any atom is -0.325 e. The summed E-state index contributed by atoms with van der Waals surface area (Å²) in [7, 11) is 0. The lowest BCUT2D eigenvalue weighted by molar-refractivity contribution is -0.113. The van der Waals surface area contributed by atoms with Gasteiger partial charge in [-0.3, -0.25) is 4.79 Å². The molecule has 0 radical (unpaired) electrons. The van der Waals surface area contributed by atoms with Crippen molar-refractivity contribution in [3.8, 4) is 6.07 Å². The van der Waals surface area contributed by atoms with E-state index in [1.807, 2.05) is 0 Å². The predicted octanol–water partition coefficient (Wildman–Crippen LogP) is 3.17. The number of thioether (sulfide) groups is 1. The van der Waals surface area contributed by atoms with Crippen LogP contribution >= 0.6 is 11.8 Å². The van der Waals surface area contributed by atoms with Gasteiger partial charge in [-0.05, 0) is 31.0 Å². The van der Waals surface area contributed by atoms with Crippen LogP contribution in [0.4, 0.5) is 5.69 Å². The lowest BCUT2D eigenvalue weighted by atomic mass is 10.2. The Hall–Kier alpha value is -1.47. The number of rotatable bonds is 4. The molecular weight excluding hydrogens is 244 g/mol. The largest absolute Gasteiger partial charge is 0.325 e. The Bertz CT molecular complexity index is 461. The van der Waals surface area contributed by atoms with Crippen molar-refractivity contribution in [1.29, 1.82) is 5.26 Å². The molecule has 1 aromatic carbocycles. The van der Waals surface area contributed by atoms with Crippen LogP contribution in [0.15, 0.2) is 24.3 Å². The summed E-state index contributed by atoms with van der Waals surface area (Å²) < 4.78 is 0. The molecule has 0 saturated heterocycles. The van der Waals surface area contributed by atoms with Gasteiger partial charge in [-0.25, -0.2) is 0 Å². The maximum Gasteiger partial charge on any atom is 0.234 e. The second-order valence-corrected chi connectivity index (χ2v) is 5.75. The molecule has 0 atom stereocenters. The van der Waals surface area contributed by atoms with Crippen molar-refractivity contribution in [2.75, 3.05) is 11.1 Å². The Morgan fingerprint density at radius 3 is 2.94 bits per heavy atom. The van der Waals surface area contributed by atoms with Crippen LogP contribution < -0.4 is 5.32 Å². The first kappa shape index (κ1) is 13.0. The van der Waals surface area contributed by atoms with E-state index >= 15 is 0 Å². The lowest BCUT2D eigenvalue weighted by Gasteiger charge is -2.09. The third-order valence-corrected chi connectivity index (χ3v) is 4.40. The first-order valence-corrected chi connectivity index (χ1v) is 7.24. The molecule has 4 heteroatoms. The summed E-state index contributed by atoms with van der Waals surface area (Å²) >= 11 is 1.74. The van der Waals surface area contributed by atoms with E-state index < -0.39 is 0 Å². The van der Waals surface area contributed by atoms with Crippen molar-refractivity contribution >= 4 is 23.4 Å². The van der Waals surface area contributed by atoms with Gasteiger partial charge in [-0.1, -0.05) is 18.9 Å². The van der Waals surface area contributed by atoms with Crippen molar-refractivity contribution in [2.24, 2.45) is 0 Å². The molecule has 1 amide bonds. The zero-order valence-electron chi connectivity index (χ0n) is 10.2. The molecule has 1 fully saturated rings. The normalized spacial score (nSPS) is 15.3. The third kappa shape index (κ3) is 3.78. The van der Waals surface area contributed by atoms with Crippen molar-refractivity contribution in [3.05, 3.63) is 29.8 Å². The topological polar surface area (TPSA) is 52.9 Å². The zero-order valence-corrected chi connectivity index (χ0v) is 11.0. The number of hydrogen-bond acceptors (Lipinski definition) is 3. The highest BCUT2D eigenvalue weighted by Gasteiger charge is 2.16. The van der Waals surface area contributed by atoms with Gasteiger partial charge in [-0.2, -0.15) is 5.26 Å². The average molecular weight is 260 g/mol. The standard InChI is InChI=1S/C14H16N2OS/c15-9-11-4-3-5-12(8-11)16-14(17)10-18-13-6-1-2-7-13/h3-5,8,13H,1-2,6-7,10H2,(H,16,17). The van der Waals surface area contributed by atoms with Crippen LogP contribution in [0.5, 0.6) is 0 Å². The fourth-order valence-electron chi connectivity index (χ4n) is 2.11. The monoisotopic (exact) mass is 260 g/mol. The first-order chi connectivity index (χ1) is 8.78. The minimum absolute atomic E-state index is 0.0157. The van der Waals surface area contributed by atoms with E-state index in [-0.39, 0.29) is 5.91 Å². The minimum atomic E-state index is 0.0157. The molecule has 94 valence electrons. The predicted molar refractivity (Wildman–Crippen MR) is 74.5 cm³/mol. The molecule has 1 N–H and O–H groups in total.